The molecule has 0 radical (unpaired) electrons. The molecule has 1 aromatic carbocycles. The van der Waals surface area contributed by atoms with Crippen molar-refractivity contribution in [3.63, 3.8) is 0 Å². The lowest BCUT2D eigenvalue weighted by molar-refractivity contribution is 0.186. The Kier molecular flexibility index (Phi) is 3.22. The normalized spacial score (nSPS) is 26.8. The van der Waals surface area contributed by atoms with E-state index in [9.17, 15) is 4.79 Å². The molecule has 1 saturated carbocycles. The van der Waals surface area contributed by atoms with E-state index < -0.39 is 0 Å². The Hall–Kier alpha value is -1.51. The zero-order valence-corrected chi connectivity index (χ0v) is 10.6. The summed E-state index contributed by atoms with van der Waals surface area (Å²) in [6.07, 6.45) is 4.66. The number of rotatable bonds is 2. The maximum absolute atomic E-state index is 12.0. The summed E-state index contributed by atoms with van der Waals surface area (Å²) in [5.74, 6) is 0.528. The third-order valence-corrected chi connectivity index (χ3v) is 3.97. The molecule has 3 nitrogen and oxygen atoms in total. The second-order valence-corrected chi connectivity index (χ2v) is 5.36. The first-order valence-electron chi connectivity index (χ1n) is 6.95. The Morgan fingerprint density at radius 1 is 1.11 bits per heavy atom. The minimum atomic E-state index is 0.137. The van der Waals surface area contributed by atoms with E-state index in [1.807, 2.05) is 11.0 Å². The van der Waals surface area contributed by atoms with Crippen molar-refractivity contribution in [3.05, 3.63) is 35.9 Å². The molecule has 18 heavy (non-hydrogen) atoms. The largest absolute Gasteiger partial charge is 0.335 e. The molecule has 2 atom stereocenters. The summed E-state index contributed by atoms with van der Waals surface area (Å²) < 4.78 is 0. The molecule has 3 heteroatoms. The number of nitrogens with zero attached hydrogens (tertiary/aromatic N) is 1. The van der Waals surface area contributed by atoms with Crippen LogP contribution in [-0.2, 0) is 0 Å². The lowest BCUT2D eigenvalue weighted by Crippen LogP contribution is -2.43. The highest BCUT2D eigenvalue weighted by Gasteiger charge is 2.40. The third-order valence-electron chi connectivity index (χ3n) is 3.97. The van der Waals surface area contributed by atoms with Crippen LogP contribution in [0.2, 0.25) is 0 Å². The van der Waals surface area contributed by atoms with Crippen molar-refractivity contribution < 1.29 is 4.79 Å². The van der Waals surface area contributed by atoms with Crippen LogP contribution in [0.3, 0.4) is 0 Å². The first-order chi connectivity index (χ1) is 8.84. The van der Waals surface area contributed by atoms with E-state index in [0.717, 1.165) is 32.4 Å². The molecule has 3 rings (SSSR count). The first-order valence-corrected chi connectivity index (χ1v) is 6.95. The van der Waals surface area contributed by atoms with Crippen molar-refractivity contribution in [2.24, 2.45) is 0 Å². The van der Waals surface area contributed by atoms with Gasteiger partial charge in [0, 0.05) is 25.0 Å². The number of benzene rings is 1. The quantitative estimate of drug-likeness (QED) is 0.852. The number of amides is 2. The van der Waals surface area contributed by atoms with Crippen molar-refractivity contribution in [3.8, 4) is 0 Å². The number of hydrogen-bond acceptors (Lipinski definition) is 1. The van der Waals surface area contributed by atoms with Gasteiger partial charge in [0.2, 0.25) is 0 Å². The Labute approximate surface area is 108 Å². The van der Waals surface area contributed by atoms with E-state index in [1.165, 1.54) is 12.0 Å². The standard InChI is InChI=1S/C15H20N2O/c18-15(17-9-5-2-6-10-17)16-14-11-13(14)12-7-3-1-4-8-12/h1,3-4,7-8,13-14H,2,5-6,9-11H2,(H,16,18). The molecule has 1 aromatic rings. The minimum absolute atomic E-state index is 0.137. The fourth-order valence-electron chi connectivity index (χ4n) is 2.77. The van der Waals surface area contributed by atoms with Gasteiger partial charge in [-0.1, -0.05) is 30.3 Å². The van der Waals surface area contributed by atoms with Gasteiger partial charge in [-0.25, -0.2) is 4.79 Å². The van der Waals surface area contributed by atoms with Crippen molar-refractivity contribution in [2.45, 2.75) is 37.6 Å². The van der Waals surface area contributed by atoms with Crippen molar-refractivity contribution in [1.82, 2.24) is 10.2 Å². The highest BCUT2D eigenvalue weighted by molar-refractivity contribution is 5.75. The minimum Gasteiger partial charge on any atom is -0.335 e. The van der Waals surface area contributed by atoms with Crippen LogP contribution in [-0.4, -0.2) is 30.1 Å². The molecule has 0 bridgehead atoms. The molecule has 2 unspecified atom stereocenters. The second-order valence-electron chi connectivity index (χ2n) is 5.36. The van der Waals surface area contributed by atoms with E-state index in [2.05, 4.69) is 29.6 Å². The van der Waals surface area contributed by atoms with Gasteiger partial charge in [-0.05, 0) is 31.2 Å². The lowest BCUT2D eigenvalue weighted by Gasteiger charge is -2.26. The summed E-state index contributed by atoms with van der Waals surface area (Å²) in [7, 11) is 0. The van der Waals surface area contributed by atoms with Gasteiger partial charge in [0.1, 0.15) is 0 Å². The van der Waals surface area contributed by atoms with Crippen molar-refractivity contribution in [1.29, 1.82) is 0 Å². The zero-order valence-electron chi connectivity index (χ0n) is 10.6. The summed E-state index contributed by atoms with van der Waals surface area (Å²) >= 11 is 0. The van der Waals surface area contributed by atoms with Crippen LogP contribution >= 0.6 is 0 Å². The number of urea groups is 1. The van der Waals surface area contributed by atoms with Gasteiger partial charge in [0.25, 0.3) is 0 Å². The Morgan fingerprint density at radius 2 is 1.83 bits per heavy atom. The molecular formula is C15H20N2O. The van der Waals surface area contributed by atoms with E-state index in [0.29, 0.717) is 12.0 Å². The zero-order chi connectivity index (χ0) is 12.4. The fraction of sp³-hybridized carbons (Fsp3) is 0.533. The van der Waals surface area contributed by atoms with Gasteiger partial charge >= 0.3 is 6.03 Å². The molecule has 0 spiro atoms. The summed E-state index contributed by atoms with van der Waals surface area (Å²) in [5.41, 5.74) is 1.35. The molecule has 2 fully saturated rings. The Bertz CT molecular complexity index is 412. The molecule has 1 aliphatic carbocycles. The van der Waals surface area contributed by atoms with Gasteiger partial charge in [0.15, 0.2) is 0 Å². The van der Waals surface area contributed by atoms with E-state index >= 15 is 0 Å². The van der Waals surface area contributed by atoms with Gasteiger partial charge < -0.3 is 10.2 Å². The summed E-state index contributed by atoms with van der Waals surface area (Å²) in [6.45, 7) is 1.85. The average Bonchev–Trinajstić information content (AvgIpc) is 3.20. The smallest absolute Gasteiger partial charge is 0.317 e. The van der Waals surface area contributed by atoms with Crippen LogP contribution in [0.25, 0.3) is 0 Å². The van der Waals surface area contributed by atoms with E-state index in [4.69, 9.17) is 0 Å². The number of hydrogen-bond donors (Lipinski definition) is 1. The Balaban J connectivity index is 1.51. The molecule has 1 aliphatic heterocycles. The van der Waals surface area contributed by atoms with Crippen molar-refractivity contribution in [2.75, 3.05) is 13.1 Å². The van der Waals surface area contributed by atoms with Crippen LogP contribution in [0.1, 0.15) is 37.2 Å². The molecule has 0 aromatic heterocycles. The number of piperidine rings is 1. The highest BCUT2D eigenvalue weighted by atomic mass is 16.2. The fourth-order valence-corrected chi connectivity index (χ4v) is 2.77. The lowest BCUT2D eigenvalue weighted by atomic mass is 10.1. The van der Waals surface area contributed by atoms with Gasteiger partial charge in [0.05, 0.1) is 0 Å². The maximum Gasteiger partial charge on any atom is 0.317 e. The topological polar surface area (TPSA) is 32.3 Å². The predicted molar refractivity (Wildman–Crippen MR) is 71.5 cm³/mol. The van der Waals surface area contributed by atoms with Gasteiger partial charge in [-0.2, -0.15) is 0 Å². The number of nitrogens with one attached hydrogen (secondary N) is 1. The van der Waals surface area contributed by atoms with Crippen molar-refractivity contribution >= 4 is 6.03 Å². The van der Waals surface area contributed by atoms with Crippen LogP contribution < -0.4 is 5.32 Å². The van der Waals surface area contributed by atoms with Gasteiger partial charge in [-0.3, -0.25) is 0 Å². The number of carbonyl (C=O) groups is 1. The molecule has 1 heterocycles. The molecule has 1 saturated heterocycles. The van der Waals surface area contributed by atoms with Crippen LogP contribution in [0, 0.1) is 0 Å². The second kappa shape index (κ2) is 5.01. The van der Waals surface area contributed by atoms with Gasteiger partial charge in [-0.15, -0.1) is 0 Å². The summed E-state index contributed by atoms with van der Waals surface area (Å²) in [4.78, 5) is 14.0. The SMILES string of the molecule is O=C(NC1CC1c1ccccc1)N1CCCCC1. The van der Waals surface area contributed by atoms with Crippen LogP contribution in [0.4, 0.5) is 4.79 Å². The van der Waals surface area contributed by atoms with Crippen LogP contribution in [0.15, 0.2) is 30.3 Å². The highest BCUT2D eigenvalue weighted by Crippen LogP contribution is 2.40. The predicted octanol–water partition coefficient (Wildman–Crippen LogP) is 2.74. The Morgan fingerprint density at radius 3 is 2.56 bits per heavy atom. The first kappa shape index (κ1) is 11.6. The number of likely N-dealkylation sites (tertiary alicyclic amines) is 1. The van der Waals surface area contributed by atoms with Crippen LogP contribution in [0.5, 0.6) is 0 Å². The molecule has 1 N–H and O–H groups in total. The molecular weight excluding hydrogens is 224 g/mol. The number of carbonyl (C=O) groups excluding carboxylic acids is 1. The molecule has 2 amide bonds. The summed E-state index contributed by atoms with van der Waals surface area (Å²) in [5, 5.41) is 3.16. The average molecular weight is 244 g/mol. The third kappa shape index (κ3) is 2.50. The van der Waals surface area contributed by atoms with E-state index in [-0.39, 0.29) is 6.03 Å². The molecule has 2 aliphatic rings. The molecule has 96 valence electrons. The summed E-state index contributed by atoms with van der Waals surface area (Å²) in [6, 6.07) is 11.0. The van der Waals surface area contributed by atoms with E-state index in [1.54, 1.807) is 0 Å². The monoisotopic (exact) mass is 244 g/mol. The maximum atomic E-state index is 12.0.